The Hall–Kier alpha value is -1.10. The first-order chi connectivity index (χ1) is 8.21. The van der Waals surface area contributed by atoms with Gasteiger partial charge in [-0.25, -0.2) is 0 Å². The van der Waals surface area contributed by atoms with Gasteiger partial charge in [-0.2, -0.15) is 0 Å². The summed E-state index contributed by atoms with van der Waals surface area (Å²) in [5.41, 5.74) is -0.492. The van der Waals surface area contributed by atoms with Gasteiger partial charge >= 0.3 is 5.97 Å². The van der Waals surface area contributed by atoms with E-state index >= 15 is 0 Å². The molecule has 0 aromatic carbocycles. The number of carbonyl (C=O) groups excluding carboxylic acids is 1. The predicted octanol–water partition coefficient (Wildman–Crippen LogP) is 0.866. The lowest BCUT2D eigenvalue weighted by Crippen LogP contribution is -2.40. The van der Waals surface area contributed by atoms with Crippen LogP contribution in [0.25, 0.3) is 0 Å². The summed E-state index contributed by atoms with van der Waals surface area (Å²) in [6.07, 6.45) is 0.688. The molecule has 1 rings (SSSR count). The van der Waals surface area contributed by atoms with E-state index in [1.165, 1.54) is 0 Å². The lowest BCUT2D eigenvalue weighted by Gasteiger charge is -2.18. The first-order valence-corrected chi connectivity index (χ1v) is 6.35. The van der Waals surface area contributed by atoms with Gasteiger partial charge in [-0.15, -0.1) is 0 Å². The van der Waals surface area contributed by atoms with Crippen LogP contribution in [0.1, 0.15) is 34.1 Å². The summed E-state index contributed by atoms with van der Waals surface area (Å²) < 4.78 is 0. The molecule has 0 aliphatic heterocycles. The third kappa shape index (κ3) is 3.02. The Morgan fingerprint density at radius 3 is 2.17 bits per heavy atom. The predicted molar refractivity (Wildman–Crippen MR) is 66.9 cm³/mol. The van der Waals surface area contributed by atoms with E-state index in [2.05, 4.69) is 5.32 Å². The van der Waals surface area contributed by atoms with E-state index in [0.29, 0.717) is 12.3 Å². The molecule has 0 spiro atoms. The number of aliphatic hydroxyl groups excluding tert-OH is 1. The van der Waals surface area contributed by atoms with E-state index in [-0.39, 0.29) is 18.6 Å². The van der Waals surface area contributed by atoms with Gasteiger partial charge in [-0.3, -0.25) is 9.59 Å². The molecule has 1 aliphatic rings. The molecule has 0 bridgehead atoms. The van der Waals surface area contributed by atoms with Crippen LogP contribution in [0.15, 0.2) is 0 Å². The van der Waals surface area contributed by atoms with Gasteiger partial charge in [0.1, 0.15) is 0 Å². The Labute approximate surface area is 108 Å². The minimum atomic E-state index is -0.926. The summed E-state index contributed by atoms with van der Waals surface area (Å²) in [5, 5.41) is 21.0. The topological polar surface area (TPSA) is 86.6 Å². The molecule has 1 saturated carbocycles. The average Bonchev–Trinajstić information content (AvgIpc) is 2.80. The van der Waals surface area contributed by atoms with Gasteiger partial charge in [0.2, 0.25) is 5.91 Å². The van der Waals surface area contributed by atoms with Crippen molar-refractivity contribution in [2.24, 2.45) is 23.2 Å². The lowest BCUT2D eigenvalue weighted by atomic mass is 10.0. The molecule has 0 radical (unpaired) electrons. The molecule has 3 atom stereocenters. The Morgan fingerprint density at radius 2 is 1.83 bits per heavy atom. The molecule has 1 aliphatic carbocycles. The number of carboxylic acid groups (broad SMARTS) is 1. The minimum absolute atomic E-state index is 0.116. The number of carboxylic acids is 1. The molecule has 5 nitrogen and oxygen atoms in total. The molecule has 0 aromatic heterocycles. The normalized spacial score (nSPS) is 26.8. The molecule has 104 valence electrons. The van der Waals surface area contributed by atoms with Crippen LogP contribution in [0.2, 0.25) is 0 Å². The molecule has 1 fully saturated rings. The van der Waals surface area contributed by atoms with Crippen molar-refractivity contribution >= 4 is 11.9 Å². The number of hydrogen-bond acceptors (Lipinski definition) is 3. The second-order valence-electron chi connectivity index (χ2n) is 6.13. The summed E-state index contributed by atoms with van der Waals surface area (Å²) in [7, 11) is 0. The SMILES string of the molecule is CC(C)CC(CO)NC(=O)C1C(C(=O)O)C1(C)C. The zero-order chi connectivity index (χ0) is 14.1. The van der Waals surface area contributed by atoms with Crippen molar-refractivity contribution in [2.75, 3.05) is 6.61 Å². The Kier molecular flexibility index (Phi) is 4.37. The third-order valence-electron chi connectivity index (χ3n) is 3.70. The highest BCUT2D eigenvalue weighted by Crippen LogP contribution is 2.58. The van der Waals surface area contributed by atoms with Gasteiger partial charge in [0.15, 0.2) is 0 Å². The van der Waals surface area contributed by atoms with Gasteiger partial charge in [0.25, 0.3) is 0 Å². The first kappa shape index (κ1) is 15.0. The van der Waals surface area contributed by atoms with Gasteiger partial charge in [-0.05, 0) is 17.8 Å². The summed E-state index contributed by atoms with van der Waals surface area (Å²) in [6.45, 7) is 7.47. The van der Waals surface area contributed by atoms with E-state index in [9.17, 15) is 14.7 Å². The second-order valence-corrected chi connectivity index (χ2v) is 6.13. The number of carbonyl (C=O) groups is 2. The summed E-state index contributed by atoms with van der Waals surface area (Å²) >= 11 is 0. The van der Waals surface area contributed by atoms with E-state index in [1.54, 1.807) is 13.8 Å². The van der Waals surface area contributed by atoms with Crippen molar-refractivity contribution in [3.63, 3.8) is 0 Å². The number of aliphatic carboxylic acids is 1. The number of rotatable bonds is 6. The van der Waals surface area contributed by atoms with Crippen LogP contribution in [-0.2, 0) is 9.59 Å². The van der Waals surface area contributed by atoms with Crippen LogP contribution in [0, 0.1) is 23.2 Å². The van der Waals surface area contributed by atoms with Gasteiger partial charge in [-0.1, -0.05) is 27.7 Å². The molecule has 0 heterocycles. The molecule has 0 aromatic rings. The van der Waals surface area contributed by atoms with Crippen molar-refractivity contribution in [3.05, 3.63) is 0 Å². The highest BCUT2D eigenvalue weighted by atomic mass is 16.4. The molecule has 0 saturated heterocycles. The van der Waals surface area contributed by atoms with Crippen LogP contribution < -0.4 is 5.32 Å². The summed E-state index contributed by atoms with van der Waals surface area (Å²) in [6, 6.07) is -0.289. The standard InChI is InChI=1S/C13H23NO4/c1-7(2)5-8(6-15)14-11(16)9-10(12(17)18)13(9,3)4/h7-10,15H,5-6H2,1-4H3,(H,14,16)(H,17,18). The molecule has 3 unspecified atom stereocenters. The molecule has 3 N–H and O–H groups in total. The van der Waals surface area contributed by atoms with E-state index in [0.717, 1.165) is 0 Å². The van der Waals surface area contributed by atoms with Crippen molar-refractivity contribution < 1.29 is 19.8 Å². The third-order valence-corrected chi connectivity index (χ3v) is 3.70. The fourth-order valence-electron chi connectivity index (χ4n) is 2.63. The average molecular weight is 257 g/mol. The summed E-state index contributed by atoms with van der Waals surface area (Å²) in [4.78, 5) is 23.0. The van der Waals surface area contributed by atoms with Crippen LogP contribution in [0.3, 0.4) is 0 Å². The maximum absolute atomic E-state index is 12.0. The lowest BCUT2D eigenvalue weighted by molar-refractivity contribution is -0.140. The van der Waals surface area contributed by atoms with E-state index in [4.69, 9.17) is 5.11 Å². The number of aliphatic hydroxyl groups is 1. The van der Waals surface area contributed by atoms with Crippen LogP contribution in [0.4, 0.5) is 0 Å². The fraction of sp³-hybridized carbons (Fsp3) is 0.846. The maximum atomic E-state index is 12.0. The van der Waals surface area contributed by atoms with Crippen molar-refractivity contribution in [3.8, 4) is 0 Å². The Bertz CT molecular complexity index is 338. The molecule has 1 amide bonds. The zero-order valence-corrected chi connectivity index (χ0v) is 11.4. The van der Waals surface area contributed by atoms with Crippen LogP contribution in [0.5, 0.6) is 0 Å². The second kappa shape index (κ2) is 5.26. The Balaban J connectivity index is 2.59. The zero-order valence-electron chi connectivity index (χ0n) is 11.4. The van der Waals surface area contributed by atoms with Gasteiger partial charge in [0, 0.05) is 0 Å². The number of amides is 1. The maximum Gasteiger partial charge on any atom is 0.307 e. The van der Waals surface area contributed by atoms with Crippen molar-refractivity contribution in [2.45, 2.75) is 40.2 Å². The number of hydrogen-bond donors (Lipinski definition) is 3. The highest BCUT2D eigenvalue weighted by molar-refractivity contribution is 5.91. The molecular formula is C13H23NO4. The summed E-state index contributed by atoms with van der Waals surface area (Å²) in [5.74, 6) is -1.92. The van der Waals surface area contributed by atoms with Gasteiger partial charge < -0.3 is 15.5 Å². The van der Waals surface area contributed by atoms with Crippen molar-refractivity contribution in [1.29, 1.82) is 0 Å². The largest absolute Gasteiger partial charge is 0.481 e. The van der Waals surface area contributed by atoms with Gasteiger partial charge in [0.05, 0.1) is 24.5 Å². The number of nitrogens with one attached hydrogen (secondary N) is 1. The smallest absolute Gasteiger partial charge is 0.307 e. The minimum Gasteiger partial charge on any atom is -0.481 e. The fourth-order valence-corrected chi connectivity index (χ4v) is 2.63. The van der Waals surface area contributed by atoms with E-state index in [1.807, 2.05) is 13.8 Å². The monoisotopic (exact) mass is 257 g/mol. The quantitative estimate of drug-likeness (QED) is 0.659. The molecule has 18 heavy (non-hydrogen) atoms. The van der Waals surface area contributed by atoms with Crippen LogP contribution in [-0.4, -0.2) is 34.7 Å². The first-order valence-electron chi connectivity index (χ1n) is 6.35. The molecular weight excluding hydrogens is 234 g/mol. The van der Waals surface area contributed by atoms with E-state index < -0.39 is 23.2 Å². The van der Waals surface area contributed by atoms with Crippen LogP contribution >= 0.6 is 0 Å². The van der Waals surface area contributed by atoms with Crippen molar-refractivity contribution in [1.82, 2.24) is 5.32 Å². The molecule has 5 heteroatoms. The Morgan fingerprint density at radius 1 is 1.28 bits per heavy atom. The highest BCUT2D eigenvalue weighted by Gasteiger charge is 2.65.